The molecule has 0 spiro atoms. The molecule has 20 heavy (non-hydrogen) atoms. The molecule has 3 nitrogen and oxygen atoms in total. The van der Waals surface area contributed by atoms with Crippen molar-refractivity contribution in [1.82, 2.24) is 5.32 Å². The summed E-state index contributed by atoms with van der Waals surface area (Å²) in [6.45, 7) is 0.486. The first-order valence-corrected chi connectivity index (χ1v) is 8.43. The second-order valence-corrected chi connectivity index (χ2v) is 6.99. The summed E-state index contributed by atoms with van der Waals surface area (Å²) in [6, 6.07) is 3.23. The second kappa shape index (κ2) is 7.29. The van der Waals surface area contributed by atoms with Crippen molar-refractivity contribution in [1.29, 1.82) is 0 Å². The Balaban J connectivity index is 2.01. The molecule has 110 valence electrons. The zero-order valence-corrected chi connectivity index (χ0v) is 14.5. The first-order valence-electron chi connectivity index (χ1n) is 6.60. The van der Waals surface area contributed by atoms with E-state index in [0.29, 0.717) is 25.7 Å². The molecule has 0 bridgehead atoms. The largest absolute Gasteiger partial charge is 0.393 e. The predicted molar refractivity (Wildman–Crippen MR) is 89.5 cm³/mol. The lowest BCUT2D eigenvalue weighted by molar-refractivity contribution is 0.0662. The highest BCUT2D eigenvalue weighted by atomic mass is 127. The van der Waals surface area contributed by atoms with Crippen LogP contribution in [0, 0.1) is 9.49 Å². The monoisotopic (exact) mass is 427 g/mol. The van der Waals surface area contributed by atoms with Gasteiger partial charge >= 0.3 is 0 Å². The Morgan fingerprint density at radius 2 is 2.05 bits per heavy atom. The smallest absolute Gasteiger partial charge is 0.252 e. The van der Waals surface area contributed by atoms with E-state index in [0.717, 1.165) is 25.7 Å². The lowest BCUT2D eigenvalue weighted by Crippen LogP contribution is -2.36. The van der Waals surface area contributed by atoms with Crippen LogP contribution in [-0.2, 0) is 0 Å². The Kier molecular flexibility index (Phi) is 5.95. The highest BCUT2D eigenvalue weighted by molar-refractivity contribution is 14.1. The van der Waals surface area contributed by atoms with Crippen LogP contribution in [0.2, 0.25) is 10.0 Å². The van der Waals surface area contributed by atoms with Crippen LogP contribution in [0.3, 0.4) is 0 Å². The van der Waals surface area contributed by atoms with Gasteiger partial charge in [0.15, 0.2) is 0 Å². The van der Waals surface area contributed by atoms with E-state index in [1.807, 2.05) is 22.6 Å². The molecule has 1 aliphatic carbocycles. The summed E-state index contributed by atoms with van der Waals surface area (Å²) < 4.78 is 0.690. The van der Waals surface area contributed by atoms with Gasteiger partial charge in [0, 0.05) is 21.1 Å². The van der Waals surface area contributed by atoms with Gasteiger partial charge < -0.3 is 10.4 Å². The van der Waals surface area contributed by atoms with Crippen molar-refractivity contribution in [3.8, 4) is 0 Å². The molecule has 2 rings (SSSR count). The maximum absolute atomic E-state index is 12.2. The van der Waals surface area contributed by atoms with Gasteiger partial charge in [-0.15, -0.1) is 0 Å². The number of hydrogen-bond donors (Lipinski definition) is 2. The van der Waals surface area contributed by atoms with Crippen LogP contribution in [-0.4, -0.2) is 23.7 Å². The molecule has 1 aromatic carbocycles. The summed E-state index contributed by atoms with van der Waals surface area (Å²) in [5.74, 6) is -0.0587. The van der Waals surface area contributed by atoms with Crippen LogP contribution in [0.5, 0.6) is 0 Å². The Bertz CT molecular complexity index is 510. The maximum Gasteiger partial charge on any atom is 0.252 e. The number of carbonyl (C=O) groups is 1. The normalized spacial score (nSPS) is 22.6. The number of amides is 1. The zero-order chi connectivity index (χ0) is 14.7. The van der Waals surface area contributed by atoms with Crippen LogP contribution in [0.4, 0.5) is 0 Å². The van der Waals surface area contributed by atoms with Crippen LogP contribution in [0.15, 0.2) is 12.1 Å². The number of hydrogen-bond acceptors (Lipinski definition) is 2. The number of halogens is 3. The second-order valence-electron chi connectivity index (χ2n) is 5.07. The maximum atomic E-state index is 12.2. The minimum absolute atomic E-state index is 0.139. The molecular weight excluding hydrogens is 412 g/mol. The van der Waals surface area contributed by atoms with E-state index >= 15 is 0 Å². The molecule has 2 unspecified atom stereocenters. The van der Waals surface area contributed by atoms with Crippen molar-refractivity contribution in [3.63, 3.8) is 0 Å². The summed E-state index contributed by atoms with van der Waals surface area (Å²) >= 11 is 14.0. The first kappa shape index (κ1) is 16.3. The number of aliphatic hydroxyl groups is 1. The summed E-state index contributed by atoms with van der Waals surface area (Å²) in [5, 5.41) is 13.7. The van der Waals surface area contributed by atoms with Gasteiger partial charge in [0.2, 0.25) is 0 Å². The molecule has 6 heteroatoms. The third kappa shape index (κ3) is 4.00. The molecule has 2 N–H and O–H groups in total. The fourth-order valence-corrected chi connectivity index (χ4v) is 3.52. The lowest BCUT2D eigenvalue weighted by atomic mass is 9.86. The van der Waals surface area contributed by atoms with Crippen molar-refractivity contribution < 1.29 is 9.90 Å². The molecule has 0 radical (unpaired) electrons. The van der Waals surface area contributed by atoms with Gasteiger partial charge in [0.05, 0.1) is 16.7 Å². The average Bonchev–Trinajstić information content (AvgIpc) is 2.41. The standard InChI is InChI=1S/C14H16Cl2INO2/c15-9-5-10(13(17)11(16)6-9)14(20)18-7-8-3-1-2-4-12(8)19/h5-6,8,12,19H,1-4,7H2,(H,18,20). The van der Waals surface area contributed by atoms with Crippen LogP contribution in [0.1, 0.15) is 36.0 Å². The van der Waals surface area contributed by atoms with Crippen LogP contribution >= 0.6 is 45.8 Å². The fraction of sp³-hybridized carbons (Fsp3) is 0.500. The SMILES string of the molecule is O=C(NCC1CCCCC1O)c1cc(Cl)cc(Cl)c1I. The van der Waals surface area contributed by atoms with E-state index in [1.54, 1.807) is 12.1 Å². The Hall–Kier alpha value is -0.0400. The van der Waals surface area contributed by atoms with Crippen molar-refractivity contribution in [2.24, 2.45) is 5.92 Å². The zero-order valence-electron chi connectivity index (χ0n) is 10.8. The lowest BCUT2D eigenvalue weighted by Gasteiger charge is -2.27. The number of rotatable bonds is 3. The molecule has 2 atom stereocenters. The Morgan fingerprint density at radius 1 is 1.35 bits per heavy atom. The van der Waals surface area contributed by atoms with Gasteiger partial charge in [-0.1, -0.05) is 36.0 Å². The van der Waals surface area contributed by atoms with Gasteiger partial charge in [0.25, 0.3) is 5.91 Å². The first-order chi connectivity index (χ1) is 9.49. The fourth-order valence-electron chi connectivity index (χ4n) is 2.47. The van der Waals surface area contributed by atoms with Gasteiger partial charge in [-0.2, -0.15) is 0 Å². The third-order valence-electron chi connectivity index (χ3n) is 3.63. The van der Waals surface area contributed by atoms with Gasteiger partial charge in [-0.3, -0.25) is 4.79 Å². The molecule has 1 fully saturated rings. The number of benzene rings is 1. The predicted octanol–water partition coefficient (Wildman–Crippen LogP) is 3.88. The Labute approximate surface area is 142 Å². The van der Waals surface area contributed by atoms with E-state index < -0.39 is 0 Å². The quantitative estimate of drug-likeness (QED) is 0.568. The van der Waals surface area contributed by atoms with E-state index in [9.17, 15) is 9.90 Å². The highest BCUT2D eigenvalue weighted by Gasteiger charge is 2.24. The highest BCUT2D eigenvalue weighted by Crippen LogP contribution is 2.27. The van der Waals surface area contributed by atoms with Crippen molar-refractivity contribution in [2.45, 2.75) is 31.8 Å². The Morgan fingerprint density at radius 3 is 2.75 bits per heavy atom. The molecule has 1 saturated carbocycles. The van der Waals surface area contributed by atoms with Crippen molar-refractivity contribution in [2.75, 3.05) is 6.54 Å². The third-order valence-corrected chi connectivity index (χ3v) is 5.63. The van der Waals surface area contributed by atoms with Crippen LogP contribution in [0.25, 0.3) is 0 Å². The summed E-state index contributed by atoms with van der Waals surface area (Å²) in [5.41, 5.74) is 0.480. The van der Waals surface area contributed by atoms with Crippen LogP contribution < -0.4 is 5.32 Å². The molecule has 1 aliphatic rings. The number of nitrogens with one attached hydrogen (secondary N) is 1. The topological polar surface area (TPSA) is 49.3 Å². The molecular formula is C14H16Cl2INO2. The van der Waals surface area contributed by atoms with E-state index in [2.05, 4.69) is 5.32 Å². The molecule has 1 amide bonds. The minimum Gasteiger partial charge on any atom is -0.393 e. The summed E-state index contributed by atoms with van der Waals surface area (Å²) in [4.78, 5) is 12.2. The van der Waals surface area contributed by atoms with E-state index in [1.165, 1.54) is 0 Å². The van der Waals surface area contributed by atoms with Gasteiger partial charge in [-0.05, 0) is 47.6 Å². The summed E-state index contributed by atoms with van der Waals surface area (Å²) in [6.07, 6.45) is 3.63. The van der Waals surface area contributed by atoms with Crippen molar-refractivity contribution >= 4 is 51.7 Å². The molecule has 1 aromatic rings. The van der Waals surface area contributed by atoms with E-state index in [-0.39, 0.29) is 17.9 Å². The molecule has 0 aromatic heterocycles. The average molecular weight is 428 g/mol. The molecule has 0 aliphatic heterocycles. The van der Waals surface area contributed by atoms with E-state index in [4.69, 9.17) is 23.2 Å². The van der Waals surface area contributed by atoms with Gasteiger partial charge in [0.1, 0.15) is 0 Å². The number of aliphatic hydroxyl groups excluding tert-OH is 1. The van der Waals surface area contributed by atoms with Gasteiger partial charge in [-0.25, -0.2) is 0 Å². The summed E-state index contributed by atoms with van der Waals surface area (Å²) in [7, 11) is 0. The number of carbonyl (C=O) groups excluding carboxylic acids is 1. The van der Waals surface area contributed by atoms with Crippen molar-refractivity contribution in [3.05, 3.63) is 31.3 Å². The molecule has 0 heterocycles. The minimum atomic E-state index is -0.314. The molecule has 0 saturated heterocycles.